The molecule has 1 heterocycles. The molecule has 1 aliphatic carbocycles. The van der Waals surface area contributed by atoms with Crippen LogP contribution >= 0.6 is 0 Å². The van der Waals surface area contributed by atoms with Gasteiger partial charge in [-0.1, -0.05) is 13.0 Å². The second kappa shape index (κ2) is 2.70. The van der Waals surface area contributed by atoms with Gasteiger partial charge in [-0.25, -0.2) is 0 Å². The molecule has 0 fully saturated rings. The van der Waals surface area contributed by atoms with Gasteiger partial charge in [0.05, 0.1) is 11.5 Å². The summed E-state index contributed by atoms with van der Waals surface area (Å²) in [6.45, 7) is 4.37. The van der Waals surface area contributed by atoms with Gasteiger partial charge in [0.15, 0.2) is 0 Å². The first-order chi connectivity index (χ1) is 5.79. The molecule has 62 valence electrons. The molecule has 0 radical (unpaired) electrons. The van der Waals surface area contributed by atoms with Crippen LogP contribution in [0.15, 0.2) is 12.3 Å². The lowest BCUT2D eigenvalue weighted by molar-refractivity contribution is 0.753. The summed E-state index contributed by atoms with van der Waals surface area (Å²) < 4.78 is 0. The van der Waals surface area contributed by atoms with E-state index in [1.807, 2.05) is 6.07 Å². The van der Waals surface area contributed by atoms with Crippen molar-refractivity contribution in [1.29, 1.82) is 0 Å². The molecule has 1 aliphatic rings. The van der Waals surface area contributed by atoms with Crippen molar-refractivity contribution in [1.82, 2.24) is 10.2 Å². The summed E-state index contributed by atoms with van der Waals surface area (Å²) in [4.78, 5) is 0. The number of nitrogens with zero attached hydrogens (tertiary/aromatic N) is 2. The van der Waals surface area contributed by atoms with Crippen molar-refractivity contribution < 1.29 is 0 Å². The smallest absolute Gasteiger partial charge is 0.0918 e. The number of hydrogen-bond donors (Lipinski definition) is 0. The van der Waals surface area contributed by atoms with E-state index in [4.69, 9.17) is 0 Å². The minimum atomic E-state index is 0.620. The summed E-state index contributed by atoms with van der Waals surface area (Å²) in [5, 5.41) is 10.3. The zero-order valence-corrected chi connectivity index (χ0v) is 7.41. The van der Waals surface area contributed by atoms with E-state index in [2.05, 4.69) is 30.1 Å². The van der Waals surface area contributed by atoms with Crippen molar-refractivity contribution >= 4 is 11.6 Å². The Morgan fingerprint density at radius 1 is 1.50 bits per heavy atom. The molecule has 2 nitrogen and oxygen atoms in total. The molecule has 1 atom stereocenters. The Labute approximate surface area is 71.6 Å². The van der Waals surface area contributed by atoms with E-state index in [0.29, 0.717) is 5.92 Å². The second-order valence-electron chi connectivity index (χ2n) is 3.36. The van der Waals surface area contributed by atoms with Crippen LogP contribution in [0.2, 0.25) is 0 Å². The quantitative estimate of drug-likeness (QED) is 0.551. The van der Waals surface area contributed by atoms with Gasteiger partial charge in [-0.05, 0) is 36.1 Å². The first-order valence-corrected chi connectivity index (χ1v) is 4.28. The van der Waals surface area contributed by atoms with Gasteiger partial charge in [-0.2, -0.15) is 10.2 Å². The zero-order chi connectivity index (χ0) is 8.55. The van der Waals surface area contributed by atoms with Crippen molar-refractivity contribution in [2.45, 2.75) is 20.3 Å². The average Bonchev–Trinajstić information content (AvgIpc) is 2.12. The van der Waals surface area contributed by atoms with Gasteiger partial charge in [0.1, 0.15) is 0 Å². The molecule has 0 aromatic carbocycles. The van der Waals surface area contributed by atoms with Gasteiger partial charge in [-0.3, -0.25) is 0 Å². The van der Waals surface area contributed by atoms with Crippen LogP contribution in [-0.2, 0) is 0 Å². The van der Waals surface area contributed by atoms with E-state index in [0.717, 1.165) is 11.8 Å². The fourth-order valence-corrected chi connectivity index (χ4v) is 1.53. The van der Waals surface area contributed by atoms with Crippen LogP contribution in [0.1, 0.15) is 20.3 Å². The molecule has 0 saturated carbocycles. The van der Waals surface area contributed by atoms with Crippen LogP contribution in [0.3, 0.4) is 0 Å². The van der Waals surface area contributed by atoms with Crippen LogP contribution in [0.4, 0.5) is 0 Å². The van der Waals surface area contributed by atoms with Gasteiger partial charge in [-0.15, -0.1) is 0 Å². The Morgan fingerprint density at radius 3 is 3.17 bits per heavy atom. The average molecular weight is 160 g/mol. The standard InChI is InChI=1S/C10H12N2/c1-7-3-4-9-5-6-11-12-10(9)8(7)2/h4-7H,3H2,1-2H3. The maximum Gasteiger partial charge on any atom is 0.0918 e. The van der Waals surface area contributed by atoms with Crippen molar-refractivity contribution in [3.8, 4) is 0 Å². The second-order valence-corrected chi connectivity index (χ2v) is 3.36. The highest BCUT2D eigenvalue weighted by molar-refractivity contribution is 5.49. The molecule has 0 saturated heterocycles. The maximum absolute atomic E-state index is 4.13. The Morgan fingerprint density at radius 2 is 2.33 bits per heavy atom. The first kappa shape index (κ1) is 7.47. The lowest BCUT2D eigenvalue weighted by Crippen LogP contribution is -2.34. The lowest BCUT2D eigenvalue weighted by atomic mass is 9.94. The monoisotopic (exact) mass is 160 g/mol. The largest absolute Gasteiger partial charge is 0.159 e. The van der Waals surface area contributed by atoms with E-state index in [1.54, 1.807) is 6.20 Å². The Bertz CT molecular complexity index is 406. The van der Waals surface area contributed by atoms with Gasteiger partial charge in [0.25, 0.3) is 0 Å². The molecule has 2 rings (SSSR count). The van der Waals surface area contributed by atoms with E-state index >= 15 is 0 Å². The molecule has 0 amide bonds. The van der Waals surface area contributed by atoms with Crippen molar-refractivity contribution in [2.75, 3.05) is 0 Å². The highest BCUT2D eigenvalue weighted by Crippen LogP contribution is 2.14. The molecular formula is C10H12N2. The SMILES string of the molecule is CC1=c2nnccc2=CCC1C. The van der Waals surface area contributed by atoms with Crippen LogP contribution in [-0.4, -0.2) is 10.2 Å². The van der Waals surface area contributed by atoms with Crippen LogP contribution in [0, 0.1) is 5.92 Å². The Balaban J connectivity index is 2.83. The Hall–Kier alpha value is -1.18. The van der Waals surface area contributed by atoms with Crippen molar-refractivity contribution in [3.05, 3.63) is 22.8 Å². The number of rotatable bonds is 0. The van der Waals surface area contributed by atoms with Gasteiger partial charge < -0.3 is 0 Å². The zero-order valence-electron chi connectivity index (χ0n) is 7.41. The molecule has 0 N–H and O–H groups in total. The molecule has 1 aromatic heterocycles. The highest BCUT2D eigenvalue weighted by atomic mass is 15.1. The summed E-state index contributed by atoms with van der Waals surface area (Å²) in [5.74, 6) is 0.620. The van der Waals surface area contributed by atoms with Gasteiger partial charge in [0, 0.05) is 0 Å². The van der Waals surface area contributed by atoms with Crippen LogP contribution in [0.25, 0.3) is 11.6 Å². The number of hydrogen-bond acceptors (Lipinski definition) is 2. The summed E-state index contributed by atoms with van der Waals surface area (Å²) >= 11 is 0. The third-order valence-electron chi connectivity index (χ3n) is 2.56. The van der Waals surface area contributed by atoms with Gasteiger partial charge in [0.2, 0.25) is 0 Å². The van der Waals surface area contributed by atoms with E-state index < -0.39 is 0 Å². The summed E-state index contributed by atoms with van der Waals surface area (Å²) in [6.07, 6.45) is 5.12. The topological polar surface area (TPSA) is 25.8 Å². The third-order valence-corrected chi connectivity index (χ3v) is 2.56. The van der Waals surface area contributed by atoms with Crippen molar-refractivity contribution in [2.24, 2.45) is 5.92 Å². The normalized spacial score (nSPS) is 21.5. The fourth-order valence-electron chi connectivity index (χ4n) is 1.53. The van der Waals surface area contributed by atoms with E-state index in [1.165, 1.54) is 10.8 Å². The van der Waals surface area contributed by atoms with E-state index in [-0.39, 0.29) is 0 Å². The third kappa shape index (κ3) is 1.04. The summed E-state index contributed by atoms with van der Waals surface area (Å²) in [6, 6.07) is 2.03. The molecule has 2 heteroatoms. The maximum atomic E-state index is 4.13. The molecule has 0 aliphatic heterocycles. The molecule has 12 heavy (non-hydrogen) atoms. The fraction of sp³-hybridized carbons (Fsp3) is 0.400. The minimum Gasteiger partial charge on any atom is -0.159 e. The minimum absolute atomic E-state index is 0.620. The number of fused-ring (bicyclic) bond motifs is 1. The predicted molar refractivity (Wildman–Crippen MR) is 48.6 cm³/mol. The predicted octanol–water partition coefficient (Wildman–Crippen LogP) is 0.467. The molecule has 0 spiro atoms. The lowest BCUT2D eigenvalue weighted by Gasteiger charge is -2.12. The van der Waals surface area contributed by atoms with Crippen LogP contribution in [0.5, 0.6) is 0 Å². The van der Waals surface area contributed by atoms with Crippen LogP contribution < -0.4 is 10.6 Å². The van der Waals surface area contributed by atoms with Gasteiger partial charge >= 0.3 is 0 Å². The summed E-state index contributed by atoms with van der Waals surface area (Å²) in [5.41, 5.74) is 1.36. The molecule has 1 aromatic rings. The molecular weight excluding hydrogens is 148 g/mol. The highest BCUT2D eigenvalue weighted by Gasteiger charge is 2.08. The summed E-state index contributed by atoms with van der Waals surface area (Å²) in [7, 11) is 0. The first-order valence-electron chi connectivity index (χ1n) is 4.28. The molecule has 1 unspecified atom stereocenters. The molecule has 0 bridgehead atoms. The Kier molecular flexibility index (Phi) is 1.68. The van der Waals surface area contributed by atoms with Crippen molar-refractivity contribution in [3.63, 3.8) is 0 Å². The van der Waals surface area contributed by atoms with E-state index in [9.17, 15) is 0 Å². The number of aromatic nitrogens is 2.